The van der Waals surface area contributed by atoms with Gasteiger partial charge in [0.25, 0.3) is 0 Å². The van der Waals surface area contributed by atoms with Gasteiger partial charge in [-0.2, -0.15) is 15.0 Å². The lowest BCUT2D eigenvalue weighted by molar-refractivity contribution is 0.280. The van der Waals surface area contributed by atoms with Crippen molar-refractivity contribution < 1.29 is 4.74 Å². The van der Waals surface area contributed by atoms with Crippen molar-refractivity contribution in [1.29, 1.82) is 0 Å². The number of hydrogen-bond acceptors (Lipinski definition) is 7. The maximum Gasteiger partial charge on any atom is 0.323 e. The highest BCUT2D eigenvalue weighted by Crippen LogP contribution is 2.11. The molecular formula is C13H21N7O. The van der Waals surface area contributed by atoms with Crippen molar-refractivity contribution in [3.8, 4) is 12.0 Å². The van der Waals surface area contributed by atoms with Gasteiger partial charge in [0.1, 0.15) is 6.33 Å². The number of nitrogens with two attached hydrogens (primary N) is 1. The fourth-order valence-electron chi connectivity index (χ4n) is 1.84. The molecule has 2 rings (SSSR count). The molecule has 8 nitrogen and oxygen atoms in total. The molecule has 0 atom stereocenters. The Labute approximate surface area is 123 Å². The van der Waals surface area contributed by atoms with Gasteiger partial charge in [0.15, 0.2) is 0 Å². The zero-order valence-corrected chi connectivity index (χ0v) is 12.2. The number of nitrogens with one attached hydrogen (secondary N) is 1. The summed E-state index contributed by atoms with van der Waals surface area (Å²) in [7, 11) is 0. The minimum atomic E-state index is 0.259. The number of imidazole rings is 1. The van der Waals surface area contributed by atoms with Gasteiger partial charge in [-0.05, 0) is 6.42 Å². The summed E-state index contributed by atoms with van der Waals surface area (Å²) in [6, 6.07) is 0.261. The Kier molecular flexibility index (Phi) is 5.89. The maximum atomic E-state index is 5.58. The summed E-state index contributed by atoms with van der Waals surface area (Å²) in [5.41, 5.74) is 2.41. The van der Waals surface area contributed by atoms with Gasteiger partial charge >= 0.3 is 6.01 Å². The fraction of sp³-hybridized carbons (Fsp3) is 0.538. The lowest BCUT2D eigenvalue weighted by atomic mass is 10.2. The van der Waals surface area contributed by atoms with Crippen LogP contribution in [0.15, 0.2) is 18.7 Å². The van der Waals surface area contributed by atoms with Gasteiger partial charge in [0.2, 0.25) is 11.9 Å². The third kappa shape index (κ3) is 4.67. The predicted molar refractivity (Wildman–Crippen MR) is 79.0 cm³/mol. The van der Waals surface area contributed by atoms with Crippen LogP contribution in [0.25, 0.3) is 5.95 Å². The van der Waals surface area contributed by atoms with Crippen molar-refractivity contribution in [3.05, 3.63) is 18.7 Å². The second kappa shape index (κ2) is 8.15. The molecular weight excluding hydrogens is 270 g/mol. The number of unbranched alkanes of at least 4 members (excludes halogenated alkanes) is 4. The van der Waals surface area contributed by atoms with Crippen molar-refractivity contribution in [3.63, 3.8) is 0 Å². The van der Waals surface area contributed by atoms with Crippen LogP contribution < -0.4 is 16.0 Å². The van der Waals surface area contributed by atoms with Crippen molar-refractivity contribution in [2.75, 3.05) is 12.0 Å². The summed E-state index contributed by atoms with van der Waals surface area (Å²) >= 11 is 0. The van der Waals surface area contributed by atoms with Crippen LogP contribution in [0.1, 0.15) is 39.0 Å². The molecule has 0 saturated carbocycles. The molecule has 3 N–H and O–H groups in total. The Hall–Kier alpha value is -2.22. The van der Waals surface area contributed by atoms with Crippen molar-refractivity contribution in [2.24, 2.45) is 5.84 Å². The van der Waals surface area contributed by atoms with E-state index in [1.807, 2.05) is 0 Å². The molecule has 0 unspecified atom stereocenters. The number of hydrogen-bond donors (Lipinski definition) is 2. The van der Waals surface area contributed by atoms with E-state index in [4.69, 9.17) is 10.6 Å². The molecule has 114 valence electrons. The van der Waals surface area contributed by atoms with E-state index >= 15 is 0 Å². The Morgan fingerprint density at radius 2 is 2.05 bits per heavy atom. The Balaban J connectivity index is 1.94. The number of rotatable bonds is 9. The molecule has 0 fully saturated rings. The van der Waals surface area contributed by atoms with Crippen molar-refractivity contribution >= 4 is 5.95 Å². The van der Waals surface area contributed by atoms with E-state index in [0.29, 0.717) is 12.6 Å². The third-order valence-corrected chi connectivity index (χ3v) is 2.95. The highest BCUT2D eigenvalue weighted by Gasteiger charge is 2.08. The van der Waals surface area contributed by atoms with Crippen LogP contribution in [0.2, 0.25) is 0 Å². The first kappa shape index (κ1) is 15.2. The molecule has 2 heterocycles. The molecule has 8 heteroatoms. The molecule has 0 aliphatic rings. The van der Waals surface area contributed by atoms with E-state index in [0.717, 1.165) is 12.8 Å². The first-order chi connectivity index (χ1) is 10.3. The zero-order valence-electron chi connectivity index (χ0n) is 12.2. The Morgan fingerprint density at radius 1 is 1.19 bits per heavy atom. The summed E-state index contributed by atoms with van der Waals surface area (Å²) in [6.07, 6.45) is 10.8. The van der Waals surface area contributed by atoms with Gasteiger partial charge in [-0.3, -0.25) is 9.99 Å². The normalized spacial score (nSPS) is 10.6. The molecule has 0 spiro atoms. The molecule has 2 aromatic rings. The van der Waals surface area contributed by atoms with Gasteiger partial charge in [-0.1, -0.05) is 32.6 Å². The number of ether oxygens (including phenoxy) is 1. The van der Waals surface area contributed by atoms with Gasteiger partial charge < -0.3 is 4.74 Å². The number of nitrogen functional groups attached to an aromatic ring is 1. The van der Waals surface area contributed by atoms with Crippen LogP contribution in [-0.2, 0) is 0 Å². The van der Waals surface area contributed by atoms with E-state index in [-0.39, 0.29) is 12.0 Å². The second-order valence-corrected chi connectivity index (χ2v) is 4.62. The lowest BCUT2D eigenvalue weighted by Gasteiger charge is -2.08. The zero-order chi connectivity index (χ0) is 14.9. The average Bonchev–Trinajstić information content (AvgIpc) is 3.05. The van der Waals surface area contributed by atoms with E-state index in [1.54, 1.807) is 23.3 Å². The topological polar surface area (TPSA) is 104 Å². The number of hydrazine groups is 1. The van der Waals surface area contributed by atoms with E-state index in [9.17, 15) is 0 Å². The van der Waals surface area contributed by atoms with Gasteiger partial charge in [0.05, 0.1) is 6.61 Å². The van der Waals surface area contributed by atoms with E-state index in [1.165, 1.54) is 19.3 Å². The number of anilines is 1. The van der Waals surface area contributed by atoms with Gasteiger partial charge in [-0.15, -0.1) is 0 Å². The molecule has 0 radical (unpaired) electrons. The Bertz CT molecular complexity index is 529. The van der Waals surface area contributed by atoms with Crippen LogP contribution in [-0.4, -0.2) is 31.1 Å². The van der Waals surface area contributed by atoms with Crippen LogP contribution in [0.5, 0.6) is 6.01 Å². The second-order valence-electron chi connectivity index (χ2n) is 4.62. The smallest absolute Gasteiger partial charge is 0.323 e. The van der Waals surface area contributed by atoms with Crippen LogP contribution >= 0.6 is 0 Å². The molecule has 0 aliphatic carbocycles. The third-order valence-electron chi connectivity index (χ3n) is 2.95. The summed E-state index contributed by atoms with van der Waals surface area (Å²) in [5.74, 6) is 6.04. The summed E-state index contributed by atoms with van der Waals surface area (Å²) in [5, 5.41) is 0. The highest BCUT2D eigenvalue weighted by atomic mass is 16.5. The fourth-order valence-corrected chi connectivity index (χ4v) is 1.84. The summed E-state index contributed by atoms with van der Waals surface area (Å²) in [4.78, 5) is 16.4. The van der Waals surface area contributed by atoms with Gasteiger partial charge in [-0.25, -0.2) is 10.8 Å². The van der Waals surface area contributed by atoms with E-state index < -0.39 is 0 Å². The van der Waals surface area contributed by atoms with E-state index in [2.05, 4.69) is 32.3 Å². The summed E-state index contributed by atoms with van der Waals surface area (Å²) in [6.45, 7) is 2.78. The molecule has 0 saturated heterocycles. The van der Waals surface area contributed by atoms with Crippen molar-refractivity contribution in [1.82, 2.24) is 24.5 Å². The molecule has 0 bridgehead atoms. The number of aromatic nitrogens is 5. The van der Waals surface area contributed by atoms with Crippen molar-refractivity contribution in [2.45, 2.75) is 39.0 Å². The van der Waals surface area contributed by atoms with Crippen LogP contribution in [0, 0.1) is 0 Å². The quantitative estimate of drug-likeness (QED) is 0.411. The molecule has 21 heavy (non-hydrogen) atoms. The lowest BCUT2D eigenvalue weighted by Crippen LogP contribution is -2.14. The standard InChI is InChI=1S/C13H21N7O/c1-2-3-4-5-6-9-21-13-17-11(19-14)16-12(18-13)20-8-7-15-10-20/h7-8,10H,2-6,9,14H2,1H3,(H,16,17,18,19). The SMILES string of the molecule is CCCCCCCOc1nc(NN)nc(-n2ccnc2)n1. The minimum Gasteiger partial charge on any atom is -0.463 e. The molecule has 0 amide bonds. The molecule has 0 aliphatic heterocycles. The van der Waals surface area contributed by atoms with Gasteiger partial charge in [0, 0.05) is 12.4 Å². The number of nitrogens with zero attached hydrogens (tertiary/aromatic N) is 5. The minimum absolute atomic E-state index is 0.259. The van der Waals surface area contributed by atoms with Crippen LogP contribution in [0.4, 0.5) is 5.95 Å². The molecule has 0 aromatic carbocycles. The first-order valence-corrected chi connectivity index (χ1v) is 7.17. The van der Waals surface area contributed by atoms with Crippen LogP contribution in [0.3, 0.4) is 0 Å². The maximum absolute atomic E-state index is 5.58. The average molecular weight is 291 g/mol. The highest BCUT2D eigenvalue weighted by molar-refractivity contribution is 5.28. The summed E-state index contributed by atoms with van der Waals surface area (Å²) < 4.78 is 7.24. The Morgan fingerprint density at radius 3 is 2.76 bits per heavy atom. The first-order valence-electron chi connectivity index (χ1n) is 7.17. The predicted octanol–water partition coefficient (Wildman–Crippen LogP) is 1.69. The molecule has 2 aromatic heterocycles. The largest absolute Gasteiger partial charge is 0.463 e. The monoisotopic (exact) mass is 291 g/mol.